The molecule has 0 atom stereocenters. The van der Waals surface area contributed by atoms with Crippen molar-refractivity contribution in [1.82, 2.24) is 0 Å². The third-order valence-electron chi connectivity index (χ3n) is 3.63. The standard InChI is InChI=1S/C14H14FIO3.C4H8O/c1-18-8-19-10-6-9-2-3-12(15)11(4-5-17)14(9)13(16)7-10;1-2-4-5-3-1/h2-3,6-7,17H,4-5,8H2,1H3;1-4H2. The van der Waals surface area contributed by atoms with E-state index in [1.807, 2.05) is 12.1 Å². The van der Waals surface area contributed by atoms with Gasteiger partial charge in [-0.15, -0.1) is 0 Å². The van der Waals surface area contributed by atoms with E-state index >= 15 is 0 Å². The van der Waals surface area contributed by atoms with Gasteiger partial charge in [-0.1, -0.05) is 6.07 Å². The average Bonchev–Trinajstić information content (AvgIpc) is 3.15. The van der Waals surface area contributed by atoms with Gasteiger partial charge in [0, 0.05) is 35.9 Å². The van der Waals surface area contributed by atoms with Crippen LogP contribution in [0, 0.1) is 9.39 Å². The van der Waals surface area contributed by atoms with E-state index in [0.717, 1.165) is 27.6 Å². The van der Waals surface area contributed by atoms with Crippen molar-refractivity contribution in [2.24, 2.45) is 0 Å². The molecule has 1 aliphatic heterocycles. The molecule has 0 saturated carbocycles. The molecule has 0 unspecified atom stereocenters. The molecule has 1 saturated heterocycles. The summed E-state index contributed by atoms with van der Waals surface area (Å²) in [6.07, 6.45) is 2.86. The van der Waals surface area contributed by atoms with Crippen LogP contribution in [0.5, 0.6) is 5.75 Å². The quantitative estimate of drug-likeness (QED) is 0.557. The predicted molar refractivity (Wildman–Crippen MR) is 100.0 cm³/mol. The van der Waals surface area contributed by atoms with Gasteiger partial charge in [0.2, 0.25) is 0 Å². The minimum absolute atomic E-state index is 0.0754. The van der Waals surface area contributed by atoms with Crippen LogP contribution in [0.2, 0.25) is 0 Å². The zero-order valence-electron chi connectivity index (χ0n) is 13.7. The number of rotatable bonds is 5. The van der Waals surface area contributed by atoms with Gasteiger partial charge in [0.05, 0.1) is 0 Å². The lowest BCUT2D eigenvalue weighted by Gasteiger charge is -2.12. The van der Waals surface area contributed by atoms with Crippen LogP contribution in [0.15, 0.2) is 24.3 Å². The highest BCUT2D eigenvalue weighted by molar-refractivity contribution is 14.1. The van der Waals surface area contributed by atoms with Gasteiger partial charge in [-0.25, -0.2) is 4.39 Å². The number of ether oxygens (including phenoxy) is 3. The fourth-order valence-electron chi connectivity index (χ4n) is 2.51. The van der Waals surface area contributed by atoms with Crippen LogP contribution in [0.4, 0.5) is 4.39 Å². The topological polar surface area (TPSA) is 47.9 Å². The molecule has 2 aromatic carbocycles. The Balaban J connectivity index is 0.000000355. The third-order valence-corrected chi connectivity index (χ3v) is 4.48. The van der Waals surface area contributed by atoms with Crippen molar-refractivity contribution in [2.75, 3.05) is 33.7 Å². The summed E-state index contributed by atoms with van der Waals surface area (Å²) in [4.78, 5) is 0. The zero-order valence-corrected chi connectivity index (χ0v) is 15.8. The van der Waals surface area contributed by atoms with E-state index < -0.39 is 0 Å². The molecule has 0 amide bonds. The maximum absolute atomic E-state index is 13.8. The molecule has 1 aliphatic rings. The molecule has 1 fully saturated rings. The number of halogens is 2. The van der Waals surface area contributed by atoms with E-state index in [9.17, 15) is 4.39 Å². The minimum atomic E-state index is -0.287. The van der Waals surface area contributed by atoms with Crippen LogP contribution in [-0.4, -0.2) is 38.8 Å². The first-order valence-corrected chi connectivity index (χ1v) is 8.96. The van der Waals surface area contributed by atoms with Crippen LogP contribution in [0.3, 0.4) is 0 Å². The molecular formula is C18H22FIO4. The Kier molecular flexibility index (Phi) is 8.17. The second kappa shape index (κ2) is 10.1. The maximum Gasteiger partial charge on any atom is 0.188 e. The third kappa shape index (κ3) is 5.27. The Hall–Kier alpha value is -0.960. The number of fused-ring (bicyclic) bond motifs is 1. The molecule has 132 valence electrons. The molecule has 24 heavy (non-hydrogen) atoms. The molecule has 0 radical (unpaired) electrons. The highest BCUT2D eigenvalue weighted by atomic mass is 127. The Bertz CT molecular complexity index is 651. The lowest BCUT2D eigenvalue weighted by Crippen LogP contribution is -2.01. The molecule has 0 aliphatic carbocycles. The van der Waals surface area contributed by atoms with Gasteiger partial charge >= 0.3 is 0 Å². The molecule has 4 nitrogen and oxygen atoms in total. The number of methoxy groups -OCH3 is 1. The molecule has 6 heteroatoms. The second-order valence-electron chi connectivity index (χ2n) is 5.37. The van der Waals surface area contributed by atoms with Crippen molar-refractivity contribution in [2.45, 2.75) is 19.3 Å². The first kappa shape index (κ1) is 19.4. The summed E-state index contributed by atoms with van der Waals surface area (Å²) in [6, 6.07) is 6.82. The van der Waals surface area contributed by atoms with Gasteiger partial charge in [0.25, 0.3) is 0 Å². The van der Waals surface area contributed by atoms with Gasteiger partial charge in [-0.3, -0.25) is 0 Å². The van der Waals surface area contributed by atoms with Crippen molar-refractivity contribution >= 4 is 33.4 Å². The molecule has 1 N–H and O–H groups in total. The fraction of sp³-hybridized carbons (Fsp3) is 0.444. The molecule has 1 heterocycles. The Morgan fingerprint density at radius 3 is 2.58 bits per heavy atom. The van der Waals surface area contributed by atoms with Gasteiger partial charge < -0.3 is 19.3 Å². The summed E-state index contributed by atoms with van der Waals surface area (Å²) < 4.78 is 29.9. The van der Waals surface area contributed by atoms with Crippen molar-refractivity contribution in [3.8, 4) is 5.75 Å². The average molecular weight is 448 g/mol. The largest absolute Gasteiger partial charge is 0.468 e. The Morgan fingerprint density at radius 2 is 2.00 bits per heavy atom. The smallest absolute Gasteiger partial charge is 0.188 e. The summed E-state index contributed by atoms with van der Waals surface area (Å²) in [5.74, 6) is 0.394. The molecule has 0 aromatic heterocycles. The van der Waals surface area contributed by atoms with Gasteiger partial charge in [0.15, 0.2) is 6.79 Å². The summed E-state index contributed by atoms with van der Waals surface area (Å²) in [6.45, 7) is 2.10. The highest BCUT2D eigenvalue weighted by Crippen LogP contribution is 2.31. The Morgan fingerprint density at radius 1 is 1.25 bits per heavy atom. The summed E-state index contributed by atoms with van der Waals surface area (Å²) >= 11 is 2.15. The molecule has 3 rings (SSSR count). The number of hydrogen-bond donors (Lipinski definition) is 1. The van der Waals surface area contributed by atoms with E-state index in [1.165, 1.54) is 18.9 Å². The van der Waals surface area contributed by atoms with E-state index in [0.29, 0.717) is 17.7 Å². The lowest BCUT2D eigenvalue weighted by molar-refractivity contribution is 0.0512. The van der Waals surface area contributed by atoms with Crippen molar-refractivity contribution in [1.29, 1.82) is 0 Å². The summed E-state index contributed by atoms with van der Waals surface area (Å²) in [5, 5.41) is 10.8. The van der Waals surface area contributed by atoms with E-state index in [1.54, 1.807) is 13.2 Å². The predicted octanol–water partition coefficient (Wildman–Crippen LogP) is 3.90. The summed E-state index contributed by atoms with van der Waals surface area (Å²) in [7, 11) is 1.56. The lowest BCUT2D eigenvalue weighted by atomic mass is 10.0. The van der Waals surface area contributed by atoms with Crippen LogP contribution >= 0.6 is 22.6 Å². The Labute approximate surface area is 155 Å². The van der Waals surface area contributed by atoms with E-state index in [-0.39, 0.29) is 19.2 Å². The van der Waals surface area contributed by atoms with Gasteiger partial charge in [-0.2, -0.15) is 0 Å². The number of aliphatic hydroxyl groups is 1. The SMILES string of the molecule is C1CCOC1.COCOc1cc(I)c2c(CCO)c(F)ccc2c1. The maximum atomic E-state index is 13.8. The van der Waals surface area contributed by atoms with Gasteiger partial charge in [0.1, 0.15) is 11.6 Å². The molecule has 2 aromatic rings. The number of hydrogen-bond acceptors (Lipinski definition) is 4. The first-order valence-electron chi connectivity index (χ1n) is 7.88. The number of benzene rings is 2. The normalized spacial score (nSPS) is 13.7. The van der Waals surface area contributed by atoms with Crippen LogP contribution < -0.4 is 4.74 Å². The fourth-order valence-corrected chi connectivity index (χ4v) is 3.46. The zero-order chi connectivity index (χ0) is 17.4. The van der Waals surface area contributed by atoms with Crippen LogP contribution in [0.1, 0.15) is 18.4 Å². The molecule has 0 spiro atoms. The monoisotopic (exact) mass is 448 g/mol. The van der Waals surface area contributed by atoms with Crippen molar-refractivity contribution in [3.63, 3.8) is 0 Å². The molecule has 0 bridgehead atoms. The van der Waals surface area contributed by atoms with Crippen molar-refractivity contribution < 1.29 is 23.7 Å². The minimum Gasteiger partial charge on any atom is -0.468 e. The summed E-state index contributed by atoms with van der Waals surface area (Å²) in [5.41, 5.74) is 0.544. The van der Waals surface area contributed by atoms with Crippen LogP contribution in [0.25, 0.3) is 10.8 Å². The first-order chi connectivity index (χ1) is 11.7. The van der Waals surface area contributed by atoms with Crippen LogP contribution in [-0.2, 0) is 15.9 Å². The highest BCUT2D eigenvalue weighted by Gasteiger charge is 2.12. The second-order valence-corrected chi connectivity index (χ2v) is 6.54. The number of aliphatic hydroxyl groups excluding tert-OH is 1. The van der Waals surface area contributed by atoms with E-state index in [4.69, 9.17) is 19.3 Å². The molecular weight excluding hydrogens is 426 g/mol. The van der Waals surface area contributed by atoms with Crippen molar-refractivity contribution in [3.05, 3.63) is 39.2 Å². The van der Waals surface area contributed by atoms with Gasteiger partial charge in [-0.05, 0) is 71.0 Å². The van der Waals surface area contributed by atoms with E-state index in [2.05, 4.69) is 22.6 Å².